The molecule has 0 N–H and O–H groups in total. The van der Waals surface area contributed by atoms with Gasteiger partial charge >= 0.3 is 17.9 Å². The second-order valence-corrected chi connectivity index (χ2v) is 9.78. The largest absolute Gasteiger partial charge is 0.462 e. The fourth-order valence-corrected chi connectivity index (χ4v) is 4.43. The van der Waals surface area contributed by atoms with Gasteiger partial charge in [-0.25, -0.2) is 18.8 Å². The average Bonchev–Trinajstić information content (AvgIpc) is 3.34. The van der Waals surface area contributed by atoms with Crippen molar-refractivity contribution in [3.8, 4) is 33.8 Å². The first-order valence-corrected chi connectivity index (χ1v) is 12.7. The van der Waals surface area contributed by atoms with Crippen molar-refractivity contribution in [2.45, 2.75) is 26.7 Å². The van der Waals surface area contributed by atoms with Crippen molar-refractivity contribution >= 4 is 17.9 Å². The summed E-state index contributed by atoms with van der Waals surface area (Å²) < 4.78 is 31.5. The molecular weight excluding hydrogens is 511 g/mol. The van der Waals surface area contributed by atoms with Gasteiger partial charge in [0.15, 0.2) is 0 Å². The first-order chi connectivity index (χ1) is 19.0. The maximum atomic E-state index is 15.5. The van der Waals surface area contributed by atoms with Crippen LogP contribution >= 0.6 is 0 Å². The zero-order valence-corrected chi connectivity index (χ0v) is 22.4. The number of halogens is 1. The lowest BCUT2D eigenvalue weighted by atomic mass is 9.97. The van der Waals surface area contributed by atoms with Crippen molar-refractivity contribution in [1.82, 2.24) is 0 Å². The Hall–Kier alpha value is -4.78. The molecule has 3 aromatic rings. The van der Waals surface area contributed by atoms with E-state index in [2.05, 4.69) is 19.7 Å². The standard InChI is InChI=1S/C33H29FO6/c1-6-31(35)38-18-21-13-22-7-8-23(15-25(22)14-21)24-9-11-27(29(34)16-24)28-12-10-26(39-32(36)19(2)3)17-30(28)40-33(37)20(4)5/h6-12,15-17,21H,1-2,4,13-14,18H2,3,5H3. The Morgan fingerprint density at radius 1 is 0.850 bits per heavy atom. The maximum Gasteiger partial charge on any atom is 0.338 e. The van der Waals surface area contributed by atoms with Gasteiger partial charge in [0.1, 0.15) is 17.3 Å². The number of rotatable bonds is 9. The minimum atomic E-state index is -0.697. The van der Waals surface area contributed by atoms with E-state index >= 15 is 4.39 Å². The minimum absolute atomic E-state index is 0.0207. The third-order valence-corrected chi connectivity index (χ3v) is 6.51. The number of hydrogen-bond donors (Lipinski definition) is 0. The lowest BCUT2D eigenvalue weighted by Crippen LogP contribution is -2.12. The van der Waals surface area contributed by atoms with Gasteiger partial charge in [-0.1, -0.05) is 50.1 Å². The minimum Gasteiger partial charge on any atom is -0.462 e. The molecule has 3 aromatic carbocycles. The molecule has 0 heterocycles. The molecule has 204 valence electrons. The number of carbonyl (C=O) groups is 3. The highest BCUT2D eigenvalue weighted by molar-refractivity contribution is 5.91. The van der Waals surface area contributed by atoms with E-state index in [0.29, 0.717) is 17.7 Å². The fraction of sp³-hybridized carbons (Fsp3) is 0.182. The molecule has 0 saturated heterocycles. The molecule has 0 aromatic heterocycles. The number of hydrogen-bond acceptors (Lipinski definition) is 6. The first-order valence-electron chi connectivity index (χ1n) is 12.7. The van der Waals surface area contributed by atoms with Crippen molar-refractivity contribution in [2.24, 2.45) is 5.92 Å². The summed E-state index contributed by atoms with van der Waals surface area (Å²) in [5, 5.41) is 0. The predicted molar refractivity (Wildman–Crippen MR) is 150 cm³/mol. The quantitative estimate of drug-likeness (QED) is 0.174. The van der Waals surface area contributed by atoms with Crippen LogP contribution in [0.2, 0.25) is 0 Å². The monoisotopic (exact) mass is 540 g/mol. The third kappa shape index (κ3) is 6.43. The number of fused-ring (bicyclic) bond motifs is 1. The molecule has 1 atom stereocenters. The van der Waals surface area contributed by atoms with Crippen molar-refractivity contribution in [3.05, 3.63) is 109 Å². The Kier molecular flexibility index (Phi) is 8.43. The van der Waals surface area contributed by atoms with Crippen molar-refractivity contribution in [1.29, 1.82) is 0 Å². The lowest BCUT2D eigenvalue weighted by molar-refractivity contribution is -0.139. The number of esters is 3. The highest BCUT2D eigenvalue weighted by Crippen LogP contribution is 2.38. The van der Waals surface area contributed by atoms with E-state index in [9.17, 15) is 14.4 Å². The van der Waals surface area contributed by atoms with Crippen LogP contribution in [0.4, 0.5) is 4.39 Å². The van der Waals surface area contributed by atoms with E-state index in [4.69, 9.17) is 14.2 Å². The van der Waals surface area contributed by atoms with Crippen LogP contribution in [-0.2, 0) is 32.0 Å². The van der Waals surface area contributed by atoms with Crippen LogP contribution < -0.4 is 9.47 Å². The Morgan fingerprint density at radius 2 is 1.48 bits per heavy atom. The fourth-order valence-electron chi connectivity index (χ4n) is 4.43. The van der Waals surface area contributed by atoms with E-state index in [1.807, 2.05) is 18.2 Å². The smallest absolute Gasteiger partial charge is 0.338 e. The molecule has 0 bridgehead atoms. The van der Waals surface area contributed by atoms with Crippen molar-refractivity contribution in [3.63, 3.8) is 0 Å². The van der Waals surface area contributed by atoms with E-state index in [1.54, 1.807) is 12.1 Å². The van der Waals surface area contributed by atoms with Gasteiger partial charge in [0, 0.05) is 40.3 Å². The Labute approximate surface area is 232 Å². The highest BCUT2D eigenvalue weighted by Gasteiger charge is 2.23. The summed E-state index contributed by atoms with van der Waals surface area (Å²) in [6.45, 7) is 13.9. The maximum absolute atomic E-state index is 15.5. The van der Waals surface area contributed by atoms with E-state index in [-0.39, 0.29) is 34.1 Å². The van der Waals surface area contributed by atoms with Crippen LogP contribution in [0, 0.1) is 11.7 Å². The average molecular weight is 541 g/mol. The summed E-state index contributed by atoms with van der Waals surface area (Å²) in [7, 11) is 0. The van der Waals surface area contributed by atoms with Gasteiger partial charge in [-0.3, -0.25) is 0 Å². The van der Waals surface area contributed by atoms with Crippen LogP contribution in [0.3, 0.4) is 0 Å². The topological polar surface area (TPSA) is 78.9 Å². The molecule has 1 aliphatic carbocycles. The van der Waals surface area contributed by atoms with Crippen LogP contribution in [0.1, 0.15) is 25.0 Å². The number of benzene rings is 3. The van der Waals surface area contributed by atoms with Crippen LogP contribution in [0.5, 0.6) is 11.5 Å². The van der Waals surface area contributed by atoms with Gasteiger partial charge in [0.25, 0.3) is 0 Å². The van der Waals surface area contributed by atoms with Gasteiger partial charge in [-0.05, 0) is 67.1 Å². The molecular formula is C33H29FO6. The molecule has 7 heteroatoms. The molecule has 1 aliphatic rings. The van der Waals surface area contributed by atoms with Gasteiger partial charge < -0.3 is 14.2 Å². The molecule has 0 amide bonds. The van der Waals surface area contributed by atoms with E-state index in [0.717, 1.165) is 30.0 Å². The lowest BCUT2D eigenvalue weighted by Gasteiger charge is -2.14. The Balaban J connectivity index is 1.61. The zero-order chi connectivity index (χ0) is 29.0. The van der Waals surface area contributed by atoms with Crippen LogP contribution in [0.15, 0.2) is 91.6 Å². The van der Waals surface area contributed by atoms with Gasteiger partial charge in [0.2, 0.25) is 0 Å². The summed E-state index contributed by atoms with van der Waals surface area (Å²) in [5.41, 5.74) is 4.71. The zero-order valence-electron chi connectivity index (χ0n) is 22.4. The molecule has 0 spiro atoms. The number of carbonyl (C=O) groups excluding carboxylic acids is 3. The molecule has 0 radical (unpaired) electrons. The van der Waals surface area contributed by atoms with E-state index < -0.39 is 23.7 Å². The molecule has 4 rings (SSSR count). The van der Waals surface area contributed by atoms with Gasteiger partial charge in [-0.15, -0.1) is 0 Å². The summed E-state index contributed by atoms with van der Waals surface area (Å²) in [4.78, 5) is 35.7. The third-order valence-electron chi connectivity index (χ3n) is 6.51. The molecule has 1 unspecified atom stereocenters. The van der Waals surface area contributed by atoms with Gasteiger partial charge in [-0.2, -0.15) is 0 Å². The van der Waals surface area contributed by atoms with Gasteiger partial charge in [0.05, 0.1) is 6.61 Å². The summed E-state index contributed by atoms with van der Waals surface area (Å²) >= 11 is 0. The normalized spacial score (nSPS) is 13.6. The predicted octanol–water partition coefficient (Wildman–Crippen LogP) is 6.57. The second-order valence-electron chi connectivity index (χ2n) is 9.78. The molecule has 40 heavy (non-hydrogen) atoms. The number of ether oxygens (including phenoxy) is 3. The molecule has 0 saturated carbocycles. The summed E-state index contributed by atoms with van der Waals surface area (Å²) in [5.74, 6) is -1.97. The molecule has 0 aliphatic heterocycles. The Morgan fingerprint density at radius 3 is 2.15 bits per heavy atom. The molecule has 0 fully saturated rings. The SMILES string of the molecule is C=CC(=O)OCC1Cc2ccc(-c3ccc(-c4ccc(OC(=O)C(=C)C)cc4OC(=O)C(=C)C)c(F)c3)cc2C1. The summed E-state index contributed by atoms with van der Waals surface area (Å²) in [6, 6.07) is 15.2. The van der Waals surface area contributed by atoms with Crippen molar-refractivity contribution < 1.29 is 33.0 Å². The van der Waals surface area contributed by atoms with Crippen LogP contribution in [0.25, 0.3) is 22.3 Å². The highest BCUT2D eigenvalue weighted by atomic mass is 19.1. The van der Waals surface area contributed by atoms with E-state index in [1.165, 1.54) is 43.7 Å². The van der Waals surface area contributed by atoms with Crippen molar-refractivity contribution in [2.75, 3.05) is 6.61 Å². The van der Waals surface area contributed by atoms with Crippen LogP contribution in [-0.4, -0.2) is 24.5 Å². The second kappa shape index (κ2) is 11.9. The molecule has 6 nitrogen and oxygen atoms in total. The Bertz CT molecular complexity index is 1550. The first kappa shape index (κ1) is 28.2. The summed E-state index contributed by atoms with van der Waals surface area (Å²) in [6.07, 6.45) is 2.71.